The lowest BCUT2D eigenvalue weighted by Gasteiger charge is -2.25. The first kappa shape index (κ1) is 31.5. The van der Waals surface area contributed by atoms with Gasteiger partial charge in [-0.05, 0) is 55.4 Å². The van der Waals surface area contributed by atoms with Gasteiger partial charge in [0.2, 0.25) is 17.7 Å². The van der Waals surface area contributed by atoms with Crippen LogP contribution < -0.4 is 21.7 Å². The number of nitrogens with one attached hydrogen (secondary N) is 4. The van der Waals surface area contributed by atoms with Crippen molar-refractivity contribution in [2.75, 3.05) is 24.0 Å². The maximum absolute atomic E-state index is 13.3. The predicted octanol–water partition coefficient (Wildman–Crippen LogP) is 0.464. The number of rotatable bonds is 16. The van der Waals surface area contributed by atoms with Gasteiger partial charge in [0.25, 0.3) is 0 Å². The average molecular weight is 568 g/mol. The molecule has 0 spiro atoms. The number of aliphatic hydroxyl groups excluding tert-OH is 1. The maximum Gasteiger partial charge on any atom is 0.326 e. The van der Waals surface area contributed by atoms with E-state index >= 15 is 0 Å². The number of aliphatic hydroxyl groups is 1. The molecule has 13 heteroatoms. The molecule has 0 fully saturated rings. The molecule has 0 saturated carbocycles. The van der Waals surface area contributed by atoms with Gasteiger partial charge in [-0.2, -0.15) is 23.5 Å². The maximum atomic E-state index is 13.3. The smallest absolute Gasteiger partial charge is 0.326 e. The normalized spacial score (nSPS) is 15.2. The molecule has 1 aromatic carbocycles. The fraction of sp³-hybridized carbons (Fsp3) is 0.520. The Balaban J connectivity index is 2.30. The number of carbonyl (C=O) groups is 4. The van der Waals surface area contributed by atoms with Crippen LogP contribution in [0.5, 0.6) is 0 Å². The van der Waals surface area contributed by atoms with Gasteiger partial charge < -0.3 is 36.9 Å². The fourth-order valence-corrected chi connectivity index (χ4v) is 4.70. The van der Waals surface area contributed by atoms with Crippen molar-refractivity contribution < 1.29 is 29.4 Å². The van der Waals surface area contributed by atoms with Gasteiger partial charge in [0.1, 0.15) is 24.2 Å². The lowest BCUT2D eigenvalue weighted by Crippen LogP contribution is -2.58. The summed E-state index contributed by atoms with van der Waals surface area (Å²) in [5.41, 5.74) is 7.35. The summed E-state index contributed by atoms with van der Waals surface area (Å²) in [4.78, 5) is 54.0. The number of para-hydroxylation sites is 1. The van der Waals surface area contributed by atoms with Crippen LogP contribution in [0.2, 0.25) is 0 Å². The fourth-order valence-electron chi connectivity index (χ4n) is 3.76. The molecule has 3 amide bonds. The first-order valence-corrected chi connectivity index (χ1v) is 15.0. The van der Waals surface area contributed by atoms with Crippen molar-refractivity contribution in [2.45, 2.75) is 56.5 Å². The van der Waals surface area contributed by atoms with Crippen molar-refractivity contribution in [3.63, 3.8) is 0 Å². The molecule has 38 heavy (non-hydrogen) atoms. The highest BCUT2D eigenvalue weighted by Crippen LogP contribution is 2.19. The topological polar surface area (TPSA) is 187 Å². The molecule has 1 heterocycles. The summed E-state index contributed by atoms with van der Waals surface area (Å²) in [6, 6.07) is 3.03. The van der Waals surface area contributed by atoms with Gasteiger partial charge in [0, 0.05) is 23.5 Å². The van der Waals surface area contributed by atoms with Crippen molar-refractivity contribution in [1.82, 2.24) is 20.9 Å². The zero-order valence-electron chi connectivity index (χ0n) is 21.7. The molecule has 0 bridgehead atoms. The Labute approximate surface area is 230 Å². The van der Waals surface area contributed by atoms with Gasteiger partial charge in [-0.1, -0.05) is 18.2 Å². The molecule has 1 aromatic heterocycles. The highest BCUT2D eigenvalue weighted by Gasteiger charge is 2.31. The number of hydrogen-bond donors (Lipinski definition) is 7. The number of H-pyrrole nitrogens is 1. The summed E-state index contributed by atoms with van der Waals surface area (Å²) in [5, 5.41) is 28.0. The minimum atomic E-state index is -1.22. The van der Waals surface area contributed by atoms with Crippen molar-refractivity contribution in [1.29, 1.82) is 0 Å². The second-order valence-corrected chi connectivity index (χ2v) is 10.9. The second kappa shape index (κ2) is 15.6. The Morgan fingerprint density at radius 2 is 1.47 bits per heavy atom. The first-order valence-electron chi connectivity index (χ1n) is 12.2. The Kier molecular flexibility index (Phi) is 12.9. The van der Waals surface area contributed by atoms with Crippen LogP contribution in [0, 0.1) is 0 Å². The van der Waals surface area contributed by atoms with E-state index in [1.807, 2.05) is 36.8 Å². The number of amides is 3. The molecule has 210 valence electrons. The summed E-state index contributed by atoms with van der Waals surface area (Å²) in [6.07, 6.45) is 4.90. The van der Waals surface area contributed by atoms with Crippen molar-refractivity contribution in [2.24, 2.45) is 5.73 Å². The molecular formula is C25H37N5O6S2. The van der Waals surface area contributed by atoms with E-state index < -0.39 is 54.0 Å². The van der Waals surface area contributed by atoms with E-state index in [1.54, 1.807) is 6.20 Å². The molecule has 8 N–H and O–H groups in total. The molecule has 2 aromatic rings. The number of fused-ring (bicyclic) bond motifs is 1. The van der Waals surface area contributed by atoms with E-state index in [9.17, 15) is 29.4 Å². The summed E-state index contributed by atoms with van der Waals surface area (Å²) < 4.78 is 0. The molecule has 2 rings (SSSR count). The number of carbonyl (C=O) groups excluding carboxylic acids is 3. The zero-order valence-corrected chi connectivity index (χ0v) is 23.4. The van der Waals surface area contributed by atoms with Crippen LogP contribution in [-0.2, 0) is 25.6 Å². The van der Waals surface area contributed by atoms with E-state index in [-0.39, 0.29) is 19.3 Å². The predicted molar refractivity (Wildman–Crippen MR) is 151 cm³/mol. The quantitative estimate of drug-likeness (QED) is 0.151. The van der Waals surface area contributed by atoms with E-state index in [2.05, 4.69) is 20.9 Å². The Morgan fingerprint density at radius 3 is 2.08 bits per heavy atom. The minimum absolute atomic E-state index is 0.0901. The zero-order chi connectivity index (χ0) is 28.2. The molecule has 0 aliphatic heterocycles. The van der Waals surface area contributed by atoms with Crippen LogP contribution in [0.15, 0.2) is 30.5 Å². The van der Waals surface area contributed by atoms with Gasteiger partial charge in [-0.25, -0.2) is 4.79 Å². The Hall–Kier alpha value is -2.74. The number of nitrogens with two attached hydrogens (primary N) is 1. The largest absolute Gasteiger partial charge is 0.480 e. The summed E-state index contributed by atoms with van der Waals surface area (Å²) in [5.74, 6) is -2.04. The number of aromatic nitrogens is 1. The average Bonchev–Trinajstić information content (AvgIpc) is 3.30. The monoisotopic (exact) mass is 567 g/mol. The van der Waals surface area contributed by atoms with Gasteiger partial charge >= 0.3 is 5.97 Å². The van der Waals surface area contributed by atoms with Gasteiger partial charge in [0.05, 0.1) is 6.10 Å². The Bertz CT molecular complexity index is 1100. The molecule has 5 unspecified atom stereocenters. The SMILES string of the molecule is CSCCC(NC(=O)C(Cc1c[nH]c2ccccc12)NC(=O)C(CCSC)NC(=O)C(N)C(C)O)C(=O)O. The first-order chi connectivity index (χ1) is 18.1. The number of carboxylic acid groups (broad SMARTS) is 1. The number of thioether (sulfide) groups is 2. The standard InChI is InChI=1S/C25H37N5O6S2/c1-14(31)21(26)24(34)28-18(8-10-37-2)22(32)30-20(23(33)29-19(25(35)36)9-11-38-3)12-15-13-27-17-7-5-4-6-16(15)17/h4-7,13-14,18-21,27,31H,8-12,26H2,1-3H3,(H,28,34)(H,29,33)(H,30,32)(H,35,36). The number of benzene rings is 1. The number of aliphatic carboxylic acids is 1. The summed E-state index contributed by atoms with van der Waals surface area (Å²) in [6.45, 7) is 1.37. The van der Waals surface area contributed by atoms with Crippen molar-refractivity contribution >= 4 is 58.1 Å². The van der Waals surface area contributed by atoms with Crippen LogP contribution in [0.4, 0.5) is 0 Å². The molecule has 11 nitrogen and oxygen atoms in total. The van der Waals surface area contributed by atoms with Crippen LogP contribution in [-0.4, -0.2) is 93.2 Å². The van der Waals surface area contributed by atoms with Crippen LogP contribution in [0.3, 0.4) is 0 Å². The van der Waals surface area contributed by atoms with Crippen LogP contribution >= 0.6 is 23.5 Å². The molecule has 5 atom stereocenters. The number of aromatic amines is 1. The van der Waals surface area contributed by atoms with Crippen molar-refractivity contribution in [3.8, 4) is 0 Å². The van der Waals surface area contributed by atoms with E-state index in [1.165, 1.54) is 30.4 Å². The molecule has 0 aliphatic rings. The van der Waals surface area contributed by atoms with E-state index in [4.69, 9.17) is 5.73 Å². The Morgan fingerprint density at radius 1 is 0.921 bits per heavy atom. The second-order valence-electron chi connectivity index (χ2n) is 8.91. The number of hydrogen-bond acceptors (Lipinski definition) is 8. The lowest BCUT2D eigenvalue weighted by atomic mass is 10.0. The van der Waals surface area contributed by atoms with E-state index in [0.29, 0.717) is 11.5 Å². The highest BCUT2D eigenvalue weighted by molar-refractivity contribution is 7.98. The van der Waals surface area contributed by atoms with Crippen LogP contribution in [0.25, 0.3) is 10.9 Å². The highest BCUT2D eigenvalue weighted by atomic mass is 32.2. The van der Waals surface area contributed by atoms with Crippen molar-refractivity contribution in [3.05, 3.63) is 36.0 Å². The van der Waals surface area contributed by atoms with Gasteiger partial charge in [-0.3, -0.25) is 14.4 Å². The van der Waals surface area contributed by atoms with Crippen LogP contribution in [0.1, 0.15) is 25.3 Å². The molecule has 0 saturated heterocycles. The summed E-state index contributed by atoms with van der Waals surface area (Å²) >= 11 is 2.94. The third-order valence-electron chi connectivity index (χ3n) is 6.02. The molecule has 0 radical (unpaired) electrons. The molecular weight excluding hydrogens is 530 g/mol. The van der Waals surface area contributed by atoms with Gasteiger partial charge in [-0.15, -0.1) is 0 Å². The number of carboxylic acids is 1. The summed E-state index contributed by atoms with van der Waals surface area (Å²) in [7, 11) is 0. The van der Waals surface area contributed by atoms with Gasteiger partial charge in [0.15, 0.2) is 0 Å². The third kappa shape index (κ3) is 9.22. The lowest BCUT2D eigenvalue weighted by molar-refractivity contribution is -0.142. The minimum Gasteiger partial charge on any atom is -0.480 e. The van der Waals surface area contributed by atoms with E-state index in [0.717, 1.165) is 16.5 Å². The molecule has 0 aliphatic carbocycles. The third-order valence-corrected chi connectivity index (χ3v) is 7.31.